The Balaban J connectivity index is 2.23. The zero-order chi connectivity index (χ0) is 12.4. The normalized spacial score (nSPS) is 10.2. The largest absolute Gasteiger partial charge is 0.398 e. The SMILES string of the molecule is Cc1c(N)cccc1C(=O)Nc1cnn(C)c1. The number of hydrogen-bond donors (Lipinski definition) is 2. The Morgan fingerprint density at radius 3 is 2.88 bits per heavy atom. The lowest BCUT2D eigenvalue weighted by Gasteiger charge is -2.07. The molecule has 2 aromatic rings. The van der Waals surface area contributed by atoms with E-state index in [0.29, 0.717) is 16.9 Å². The highest BCUT2D eigenvalue weighted by Crippen LogP contribution is 2.17. The number of amides is 1. The van der Waals surface area contributed by atoms with Crippen LogP contribution in [0.25, 0.3) is 0 Å². The Morgan fingerprint density at radius 2 is 2.24 bits per heavy atom. The van der Waals surface area contributed by atoms with Crippen LogP contribution < -0.4 is 11.1 Å². The monoisotopic (exact) mass is 230 g/mol. The van der Waals surface area contributed by atoms with Gasteiger partial charge in [0.05, 0.1) is 11.9 Å². The number of hydrogen-bond acceptors (Lipinski definition) is 3. The third-order valence-corrected chi connectivity index (χ3v) is 2.58. The van der Waals surface area contributed by atoms with E-state index in [1.807, 2.05) is 6.92 Å². The molecule has 1 heterocycles. The zero-order valence-corrected chi connectivity index (χ0v) is 9.77. The van der Waals surface area contributed by atoms with Crippen LogP contribution in [0, 0.1) is 6.92 Å². The van der Waals surface area contributed by atoms with E-state index in [2.05, 4.69) is 10.4 Å². The van der Waals surface area contributed by atoms with E-state index in [1.54, 1.807) is 42.3 Å². The van der Waals surface area contributed by atoms with Gasteiger partial charge in [0.25, 0.3) is 5.91 Å². The molecule has 0 spiro atoms. The van der Waals surface area contributed by atoms with Crippen LogP contribution in [0.1, 0.15) is 15.9 Å². The Kier molecular flexibility index (Phi) is 2.82. The fraction of sp³-hybridized carbons (Fsp3) is 0.167. The van der Waals surface area contributed by atoms with E-state index in [9.17, 15) is 4.79 Å². The summed E-state index contributed by atoms with van der Waals surface area (Å²) < 4.78 is 1.63. The number of benzene rings is 1. The standard InChI is InChI=1S/C12H14N4O/c1-8-10(4-3-5-11(8)13)12(17)15-9-6-14-16(2)7-9/h3-7H,13H2,1-2H3,(H,15,17). The maximum atomic E-state index is 12.0. The molecule has 0 aliphatic carbocycles. The second-order valence-corrected chi connectivity index (χ2v) is 3.88. The molecule has 1 aromatic carbocycles. The third kappa shape index (κ3) is 2.28. The lowest BCUT2D eigenvalue weighted by Crippen LogP contribution is -2.13. The number of aryl methyl sites for hydroxylation is 1. The smallest absolute Gasteiger partial charge is 0.256 e. The number of rotatable bonds is 2. The first-order valence-electron chi connectivity index (χ1n) is 5.23. The van der Waals surface area contributed by atoms with Crippen LogP contribution in [-0.2, 0) is 7.05 Å². The molecule has 0 atom stereocenters. The van der Waals surface area contributed by atoms with Gasteiger partial charge < -0.3 is 11.1 Å². The highest BCUT2D eigenvalue weighted by Gasteiger charge is 2.11. The summed E-state index contributed by atoms with van der Waals surface area (Å²) in [6.07, 6.45) is 3.33. The van der Waals surface area contributed by atoms with Crippen LogP contribution >= 0.6 is 0 Å². The summed E-state index contributed by atoms with van der Waals surface area (Å²) >= 11 is 0. The Hall–Kier alpha value is -2.30. The van der Waals surface area contributed by atoms with Crippen LogP contribution in [-0.4, -0.2) is 15.7 Å². The molecule has 3 N–H and O–H groups in total. The average Bonchev–Trinajstić information content (AvgIpc) is 2.68. The van der Waals surface area contributed by atoms with Crippen LogP contribution in [0.2, 0.25) is 0 Å². The Bertz CT molecular complexity index is 559. The van der Waals surface area contributed by atoms with Crippen molar-refractivity contribution in [2.45, 2.75) is 6.92 Å². The van der Waals surface area contributed by atoms with E-state index in [-0.39, 0.29) is 5.91 Å². The molecule has 0 saturated carbocycles. The lowest BCUT2D eigenvalue weighted by molar-refractivity contribution is 0.102. The number of nitrogens with one attached hydrogen (secondary N) is 1. The number of nitrogens with zero attached hydrogens (tertiary/aromatic N) is 2. The van der Waals surface area contributed by atoms with Crippen molar-refractivity contribution >= 4 is 17.3 Å². The highest BCUT2D eigenvalue weighted by molar-refractivity contribution is 6.05. The summed E-state index contributed by atoms with van der Waals surface area (Å²) in [6.45, 7) is 1.83. The van der Waals surface area contributed by atoms with Crippen molar-refractivity contribution in [2.75, 3.05) is 11.1 Å². The van der Waals surface area contributed by atoms with Crippen molar-refractivity contribution in [1.29, 1.82) is 0 Å². The molecule has 0 fully saturated rings. The molecule has 1 amide bonds. The van der Waals surface area contributed by atoms with E-state index in [0.717, 1.165) is 5.56 Å². The van der Waals surface area contributed by atoms with E-state index >= 15 is 0 Å². The lowest BCUT2D eigenvalue weighted by atomic mass is 10.1. The number of nitrogens with two attached hydrogens (primary N) is 1. The molecule has 0 aliphatic heterocycles. The molecule has 5 nitrogen and oxygen atoms in total. The van der Waals surface area contributed by atoms with Crippen LogP contribution in [0.3, 0.4) is 0 Å². The molecule has 0 saturated heterocycles. The van der Waals surface area contributed by atoms with Gasteiger partial charge in [0.2, 0.25) is 0 Å². The predicted molar refractivity (Wildman–Crippen MR) is 66.8 cm³/mol. The second-order valence-electron chi connectivity index (χ2n) is 3.88. The topological polar surface area (TPSA) is 72.9 Å². The van der Waals surface area contributed by atoms with E-state index in [4.69, 9.17) is 5.73 Å². The first kappa shape index (κ1) is 11.2. The molecule has 0 bridgehead atoms. The van der Waals surface area contributed by atoms with Gasteiger partial charge in [-0.05, 0) is 24.6 Å². The Labute approximate surface area is 99.2 Å². The second kappa shape index (κ2) is 4.29. The number of carbonyl (C=O) groups is 1. The van der Waals surface area contributed by atoms with Crippen molar-refractivity contribution in [2.24, 2.45) is 7.05 Å². The van der Waals surface area contributed by atoms with Gasteiger partial charge in [-0.15, -0.1) is 0 Å². The minimum absolute atomic E-state index is 0.178. The van der Waals surface area contributed by atoms with Gasteiger partial charge in [-0.1, -0.05) is 6.07 Å². The number of carbonyl (C=O) groups excluding carboxylic acids is 1. The fourth-order valence-corrected chi connectivity index (χ4v) is 1.58. The molecule has 0 radical (unpaired) electrons. The van der Waals surface area contributed by atoms with Gasteiger partial charge >= 0.3 is 0 Å². The fourth-order valence-electron chi connectivity index (χ4n) is 1.58. The molecule has 1 aromatic heterocycles. The van der Waals surface area contributed by atoms with Gasteiger partial charge in [-0.25, -0.2) is 0 Å². The Morgan fingerprint density at radius 1 is 1.47 bits per heavy atom. The van der Waals surface area contributed by atoms with Crippen LogP contribution in [0.5, 0.6) is 0 Å². The third-order valence-electron chi connectivity index (χ3n) is 2.58. The molecule has 2 rings (SSSR count). The van der Waals surface area contributed by atoms with Crippen molar-refractivity contribution in [3.8, 4) is 0 Å². The maximum Gasteiger partial charge on any atom is 0.256 e. The van der Waals surface area contributed by atoms with Crippen molar-refractivity contribution in [1.82, 2.24) is 9.78 Å². The molecular formula is C12H14N4O. The molecule has 0 aliphatic rings. The first-order valence-corrected chi connectivity index (χ1v) is 5.23. The molecule has 5 heteroatoms. The quantitative estimate of drug-likeness (QED) is 0.769. The van der Waals surface area contributed by atoms with Gasteiger partial charge in [-0.3, -0.25) is 9.48 Å². The molecule has 88 valence electrons. The number of anilines is 2. The van der Waals surface area contributed by atoms with Crippen molar-refractivity contribution < 1.29 is 4.79 Å². The van der Waals surface area contributed by atoms with Crippen molar-refractivity contribution in [3.05, 3.63) is 41.7 Å². The first-order chi connectivity index (χ1) is 8.08. The minimum atomic E-state index is -0.178. The summed E-state index contributed by atoms with van der Waals surface area (Å²) in [5, 5.41) is 6.75. The average molecular weight is 230 g/mol. The van der Waals surface area contributed by atoms with E-state index < -0.39 is 0 Å². The number of aromatic nitrogens is 2. The summed E-state index contributed by atoms with van der Waals surface area (Å²) in [6, 6.07) is 5.29. The van der Waals surface area contributed by atoms with Crippen LogP contribution in [0.15, 0.2) is 30.6 Å². The molecule has 17 heavy (non-hydrogen) atoms. The zero-order valence-electron chi connectivity index (χ0n) is 9.77. The molecular weight excluding hydrogens is 216 g/mol. The van der Waals surface area contributed by atoms with Gasteiger partial charge in [0.15, 0.2) is 0 Å². The highest BCUT2D eigenvalue weighted by atomic mass is 16.1. The van der Waals surface area contributed by atoms with Gasteiger partial charge in [0, 0.05) is 24.5 Å². The van der Waals surface area contributed by atoms with Crippen LogP contribution in [0.4, 0.5) is 11.4 Å². The van der Waals surface area contributed by atoms with E-state index in [1.165, 1.54) is 0 Å². The minimum Gasteiger partial charge on any atom is -0.398 e. The van der Waals surface area contributed by atoms with Gasteiger partial charge in [-0.2, -0.15) is 5.10 Å². The number of nitrogen functional groups attached to an aromatic ring is 1. The summed E-state index contributed by atoms with van der Waals surface area (Å²) in [5.41, 5.74) is 8.40. The predicted octanol–water partition coefficient (Wildman–Crippen LogP) is 1.56. The summed E-state index contributed by atoms with van der Waals surface area (Å²) in [4.78, 5) is 12.0. The maximum absolute atomic E-state index is 12.0. The van der Waals surface area contributed by atoms with Crippen molar-refractivity contribution in [3.63, 3.8) is 0 Å². The summed E-state index contributed by atoms with van der Waals surface area (Å²) in [5.74, 6) is -0.178. The van der Waals surface area contributed by atoms with Gasteiger partial charge in [0.1, 0.15) is 0 Å². The molecule has 0 unspecified atom stereocenters. The summed E-state index contributed by atoms with van der Waals surface area (Å²) in [7, 11) is 1.79.